The van der Waals surface area contributed by atoms with Gasteiger partial charge in [0.05, 0.1) is 11.6 Å². The molecule has 0 fully saturated rings. The number of hydrogen-bond acceptors (Lipinski definition) is 4. The first-order chi connectivity index (χ1) is 9.13. The molecule has 0 saturated heterocycles. The van der Waals surface area contributed by atoms with Crippen LogP contribution >= 0.6 is 11.6 Å². The average molecular weight is 282 g/mol. The van der Waals surface area contributed by atoms with Crippen LogP contribution in [0.2, 0.25) is 5.28 Å². The predicted molar refractivity (Wildman–Crippen MR) is 66.3 cm³/mol. The van der Waals surface area contributed by atoms with Gasteiger partial charge < -0.3 is 5.32 Å². The van der Waals surface area contributed by atoms with Crippen LogP contribution in [0.15, 0.2) is 24.4 Å². The van der Waals surface area contributed by atoms with E-state index >= 15 is 0 Å². The first-order valence-corrected chi connectivity index (χ1v) is 5.60. The zero-order valence-electron chi connectivity index (χ0n) is 9.28. The topological polar surface area (TPSA) is 66.5 Å². The summed E-state index contributed by atoms with van der Waals surface area (Å²) in [6, 6.07) is 3.44. The van der Waals surface area contributed by atoms with Gasteiger partial charge in [-0.2, -0.15) is 15.1 Å². The van der Waals surface area contributed by atoms with Crippen molar-refractivity contribution in [1.29, 1.82) is 0 Å². The van der Waals surface area contributed by atoms with Gasteiger partial charge in [-0.3, -0.25) is 5.10 Å². The van der Waals surface area contributed by atoms with Crippen molar-refractivity contribution in [3.05, 3.63) is 41.3 Å². The number of hydrogen-bond donors (Lipinski definition) is 2. The van der Waals surface area contributed by atoms with Gasteiger partial charge in [-0.15, -0.1) is 0 Å². The Balaban J connectivity index is 2.04. The zero-order chi connectivity index (χ0) is 13.4. The van der Waals surface area contributed by atoms with Gasteiger partial charge in [0.25, 0.3) is 0 Å². The Morgan fingerprint density at radius 2 is 2.00 bits per heavy atom. The number of anilines is 2. The monoisotopic (exact) mass is 281 g/mol. The van der Waals surface area contributed by atoms with Crippen molar-refractivity contribution in [2.24, 2.45) is 0 Å². The predicted octanol–water partition coefficient (Wildman–Crippen LogP) is 3.03. The maximum atomic E-state index is 13.1. The van der Waals surface area contributed by atoms with Gasteiger partial charge in [0, 0.05) is 11.8 Å². The smallest absolute Gasteiger partial charge is 0.226 e. The van der Waals surface area contributed by atoms with Crippen LogP contribution < -0.4 is 5.32 Å². The molecule has 1 aromatic carbocycles. The lowest BCUT2D eigenvalue weighted by Gasteiger charge is -2.06. The fourth-order valence-corrected chi connectivity index (χ4v) is 1.78. The van der Waals surface area contributed by atoms with Crippen LogP contribution in [-0.2, 0) is 0 Å². The maximum Gasteiger partial charge on any atom is 0.226 e. The average Bonchev–Trinajstić information content (AvgIpc) is 2.82. The van der Waals surface area contributed by atoms with Gasteiger partial charge in [0.2, 0.25) is 5.28 Å². The lowest BCUT2D eigenvalue weighted by Crippen LogP contribution is -1.97. The molecule has 2 aromatic heterocycles. The van der Waals surface area contributed by atoms with Crippen molar-refractivity contribution in [3.63, 3.8) is 0 Å². The van der Waals surface area contributed by atoms with Crippen molar-refractivity contribution < 1.29 is 8.78 Å². The van der Waals surface area contributed by atoms with Crippen molar-refractivity contribution in [1.82, 2.24) is 20.2 Å². The summed E-state index contributed by atoms with van der Waals surface area (Å²) in [4.78, 5) is 7.92. The number of fused-ring (bicyclic) bond motifs is 1. The van der Waals surface area contributed by atoms with Crippen molar-refractivity contribution in [2.75, 3.05) is 5.32 Å². The Labute approximate surface area is 110 Å². The van der Waals surface area contributed by atoms with Gasteiger partial charge in [-0.05, 0) is 23.7 Å². The first kappa shape index (κ1) is 11.8. The second-order valence-electron chi connectivity index (χ2n) is 3.73. The van der Waals surface area contributed by atoms with Gasteiger partial charge in [0.15, 0.2) is 17.3 Å². The molecule has 8 heteroatoms. The molecule has 0 aliphatic heterocycles. The summed E-state index contributed by atoms with van der Waals surface area (Å²) >= 11 is 5.76. The Morgan fingerprint density at radius 3 is 2.79 bits per heavy atom. The van der Waals surface area contributed by atoms with Gasteiger partial charge in [0.1, 0.15) is 5.82 Å². The number of aromatic amines is 1. The van der Waals surface area contributed by atoms with E-state index in [0.717, 1.165) is 12.1 Å². The molecule has 0 aliphatic rings. The molecule has 0 bridgehead atoms. The Kier molecular flexibility index (Phi) is 2.75. The lowest BCUT2D eigenvalue weighted by atomic mass is 10.3. The molecule has 0 aliphatic carbocycles. The van der Waals surface area contributed by atoms with E-state index in [2.05, 4.69) is 25.5 Å². The highest BCUT2D eigenvalue weighted by Crippen LogP contribution is 2.24. The summed E-state index contributed by atoms with van der Waals surface area (Å²) < 4.78 is 26.0. The lowest BCUT2D eigenvalue weighted by molar-refractivity contribution is 0.509. The molecule has 0 saturated carbocycles. The van der Waals surface area contributed by atoms with Crippen LogP contribution in [0, 0.1) is 11.6 Å². The van der Waals surface area contributed by atoms with Crippen LogP contribution in [0.1, 0.15) is 0 Å². The summed E-state index contributed by atoms with van der Waals surface area (Å²) in [6.45, 7) is 0. The van der Waals surface area contributed by atoms with E-state index in [9.17, 15) is 8.78 Å². The number of nitrogens with zero attached hydrogens (tertiary/aromatic N) is 3. The molecule has 3 aromatic rings. The minimum atomic E-state index is -0.950. The van der Waals surface area contributed by atoms with E-state index in [0.29, 0.717) is 22.5 Å². The number of aromatic nitrogens is 4. The van der Waals surface area contributed by atoms with Crippen molar-refractivity contribution in [2.45, 2.75) is 0 Å². The molecule has 0 unspecified atom stereocenters. The quantitative estimate of drug-likeness (QED) is 0.709. The third-order valence-corrected chi connectivity index (χ3v) is 2.63. The molecule has 2 N–H and O–H groups in total. The number of benzene rings is 1. The molecular weight excluding hydrogens is 276 g/mol. The Hall–Kier alpha value is -2.28. The molecule has 5 nitrogen and oxygen atoms in total. The third-order valence-electron chi connectivity index (χ3n) is 2.46. The highest BCUT2D eigenvalue weighted by Gasteiger charge is 2.10. The Morgan fingerprint density at radius 1 is 1.16 bits per heavy atom. The number of rotatable bonds is 2. The maximum absolute atomic E-state index is 13.1. The fraction of sp³-hybridized carbons (Fsp3) is 0. The van der Waals surface area contributed by atoms with E-state index in [1.165, 1.54) is 12.3 Å². The molecule has 0 radical (unpaired) electrons. The van der Waals surface area contributed by atoms with Crippen LogP contribution in [-0.4, -0.2) is 20.2 Å². The van der Waals surface area contributed by atoms with Crippen molar-refractivity contribution in [3.8, 4) is 0 Å². The fourth-order valence-electron chi connectivity index (χ4n) is 1.61. The normalized spacial score (nSPS) is 10.9. The van der Waals surface area contributed by atoms with Crippen LogP contribution in [0.3, 0.4) is 0 Å². The summed E-state index contributed by atoms with van der Waals surface area (Å²) in [5.41, 5.74) is 0.793. The van der Waals surface area contributed by atoms with E-state index in [-0.39, 0.29) is 5.28 Å². The van der Waals surface area contributed by atoms with Crippen LogP contribution in [0.4, 0.5) is 20.3 Å². The van der Waals surface area contributed by atoms with E-state index in [1.807, 2.05) is 0 Å². The SMILES string of the molecule is Fc1ccc(Nc2nc(Cl)nc3[nH]ncc23)cc1F. The van der Waals surface area contributed by atoms with Gasteiger partial charge >= 0.3 is 0 Å². The molecule has 0 amide bonds. The van der Waals surface area contributed by atoms with Crippen LogP contribution in [0.25, 0.3) is 11.0 Å². The molecule has 3 rings (SSSR count). The molecule has 96 valence electrons. The summed E-state index contributed by atoms with van der Waals surface area (Å²) in [5, 5.41) is 9.91. The standard InChI is InChI=1S/C11H6ClF2N5/c12-11-17-9(6-4-15-19-10(6)18-11)16-5-1-2-7(13)8(14)3-5/h1-4H,(H2,15,16,17,18,19). The highest BCUT2D eigenvalue weighted by atomic mass is 35.5. The Bertz CT molecular complexity index is 758. The molecule has 0 atom stereocenters. The highest BCUT2D eigenvalue weighted by molar-refractivity contribution is 6.28. The van der Waals surface area contributed by atoms with Gasteiger partial charge in [-0.1, -0.05) is 0 Å². The number of H-pyrrole nitrogens is 1. The van der Waals surface area contributed by atoms with Crippen molar-refractivity contribution >= 4 is 34.1 Å². The summed E-state index contributed by atoms with van der Waals surface area (Å²) in [7, 11) is 0. The third kappa shape index (κ3) is 2.19. The number of halogens is 3. The largest absolute Gasteiger partial charge is 0.339 e. The number of nitrogens with one attached hydrogen (secondary N) is 2. The van der Waals surface area contributed by atoms with Gasteiger partial charge in [-0.25, -0.2) is 8.78 Å². The summed E-state index contributed by atoms with van der Waals surface area (Å²) in [5.74, 6) is -1.51. The second-order valence-corrected chi connectivity index (χ2v) is 4.07. The van der Waals surface area contributed by atoms with E-state index < -0.39 is 11.6 Å². The molecule has 19 heavy (non-hydrogen) atoms. The minimum absolute atomic E-state index is 0.0156. The molecule has 0 spiro atoms. The van der Waals surface area contributed by atoms with E-state index in [4.69, 9.17) is 11.6 Å². The molecular formula is C11H6ClF2N5. The minimum Gasteiger partial charge on any atom is -0.339 e. The summed E-state index contributed by atoms with van der Waals surface area (Å²) in [6.07, 6.45) is 1.51. The van der Waals surface area contributed by atoms with E-state index in [1.54, 1.807) is 0 Å². The zero-order valence-corrected chi connectivity index (χ0v) is 10.0. The molecule has 2 heterocycles. The first-order valence-electron chi connectivity index (χ1n) is 5.22. The second kappa shape index (κ2) is 4.43. The van der Waals surface area contributed by atoms with Crippen LogP contribution in [0.5, 0.6) is 0 Å².